The molecule has 1 N–H and O–H groups in total. The van der Waals surface area contributed by atoms with Gasteiger partial charge in [0.2, 0.25) is 0 Å². The average Bonchev–Trinajstić information content (AvgIpc) is 2.80. The van der Waals surface area contributed by atoms with Crippen LogP contribution in [0.3, 0.4) is 0 Å². The summed E-state index contributed by atoms with van der Waals surface area (Å²) in [7, 11) is 0. The summed E-state index contributed by atoms with van der Waals surface area (Å²) in [5.41, 5.74) is -0.437. The first-order valence-corrected chi connectivity index (χ1v) is 7.53. The maximum atomic E-state index is 12.2. The quantitative estimate of drug-likeness (QED) is 0.787. The van der Waals surface area contributed by atoms with Crippen LogP contribution in [0.4, 0.5) is 4.79 Å². The Morgan fingerprint density at radius 1 is 1.55 bits per heavy atom. The van der Waals surface area contributed by atoms with Crippen LogP contribution < -0.4 is 5.32 Å². The highest BCUT2D eigenvalue weighted by atomic mass is 16.6. The van der Waals surface area contributed by atoms with Crippen molar-refractivity contribution in [1.82, 2.24) is 10.2 Å². The third-order valence-corrected chi connectivity index (χ3v) is 3.50. The van der Waals surface area contributed by atoms with Crippen molar-refractivity contribution in [3.05, 3.63) is 0 Å². The standard InChI is InChI=1S/C16H28N2O2/c1-6-9-13(7-2)17-12-14-10-8-11-18(14)15(19)20-16(3,4)5/h1,13-14,17H,7-12H2,2-5H3. The highest BCUT2D eigenvalue weighted by molar-refractivity contribution is 5.69. The molecule has 4 nitrogen and oxygen atoms in total. The van der Waals surface area contributed by atoms with Gasteiger partial charge in [0.25, 0.3) is 0 Å². The molecule has 0 aliphatic carbocycles. The number of terminal acetylenes is 1. The molecule has 20 heavy (non-hydrogen) atoms. The van der Waals surface area contributed by atoms with Crippen molar-refractivity contribution in [2.75, 3.05) is 13.1 Å². The molecule has 4 heteroatoms. The van der Waals surface area contributed by atoms with Gasteiger partial charge in [-0.15, -0.1) is 12.3 Å². The number of amides is 1. The molecule has 1 fully saturated rings. The van der Waals surface area contributed by atoms with E-state index < -0.39 is 5.60 Å². The van der Waals surface area contributed by atoms with E-state index in [-0.39, 0.29) is 12.1 Å². The van der Waals surface area contributed by atoms with Crippen LogP contribution in [0.15, 0.2) is 0 Å². The fourth-order valence-corrected chi connectivity index (χ4v) is 2.41. The molecule has 1 rings (SSSR count). The largest absolute Gasteiger partial charge is 0.444 e. The number of nitrogens with zero attached hydrogens (tertiary/aromatic N) is 1. The van der Waals surface area contributed by atoms with Gasteiger partial charge in [0, 0.05) is 31.6 Å². The molecule has 2 unspecified atom stereocenters. The van der Waals surface area contributed by atoms with Crippen molar-refractivity contribution >= 4 is 6.09 Å². The summed E-state index contributed by atoms with van der Waals surface area (Å²) in [6, 6.07) is 0.553. The summed E-state index contributed by atoms with van der Waals surface area (Å²) in [4.78, 5) is 14.0. The number of likely N-dealkylation sites (tertiary alicyclic amines) is 1. The minimum Gasteiger partial charge on any atom is -0.444 e. The van der Waals surface area contributed by atoms with Crippen LogP contribution in [0.2, 0.25) is 0 Å². The number of carbonyl (C=O) groups excluding carboxylic acids is 1. The molecule has 1 heterocycles. The van der Waals surface area contributed by atoms with E-state index in [1.54, 1.807) is 0 Å². The minimum absolute atomic E-state index is 0.202. The predicted octanol–water partition coefficient (Wildman–Crippen LogP) is 2.78. The van der Waals surface area contributed by atoms with Crippen LogP contribution in [-0.2, 0) is 4.74 Å². The predicted molar refractivity (Wildman–Crippen MR) is 81.5 cm³/mol. The first kappa shape index (κ1) is 16.8. The van der Waals surface area contributed by atoms with Gasteiger partial charge < -0.3 is 15.0 Å². The fraction of sp³-hybridized carbons (Fsp3) is 0.812. The summed E-state index contributed by atoms with van der Waals surface area (Å²) < 4.78 is 5.46. The summed E-state index contributed by atoms with van der Waals surface area (Å²) in [5, 5.41) is 3.47. The van der Waals surface area contributed by atoms with Crippen LogP contribution in [0.1, 0.15) is 53.4 Å². The summed E-state index contributed by atoms with van der Waals surface area (Å²) in [6.45, 7) is 9.39. The molecule has 1 saturated heterocycles. The van der Waals surface area contributed by atoms with E-state index in [2.05, 4.69) is 18.2 Å². The van der Waals surface area contributed by atoms with Crippen LogP contribution in [0.25, 0.3) is 0 Å². The summed E-state index contributed by atoms with van der Waals surface area (Å²) >= 11 is 0. The molecule has 2 atom stereocenters. The van der Waals surface area contributed by atoms with E-state index >= 15 is 0 Å². The van der Waals surface area contributed by atoms with Crippen molar-refractivity contribution in [3.63, 3.8) is 0 Å². The topological polar surface area (TPSA) is 41.6 Å². The van der Waals surface area contributed by atoms with Gasteiger partial charge >= 0.3 is 6.09 Å². The van der Waals surface area contributed by atoms with Gasteiger partial charge in [0.05, 0.1) is 0 Å². The second-order valence-corrected chi connectivity index (χ2v) is 6.39. The van der Waals surface area contributed by atoms with Crippen LogP contribution in [0, 0.1) is 12.3 Å². The number of carbonyl (C=O) groups is 1. The van der Waals surface area contributed by atoms with E-state index in [1.807, 2.05) is 25.7 Å². The number of hydrogen-bond donors (Lipinski definition) is 1. The van der Waals surface area contributed by atoms with Crippen molar-refractivity contribution in [2.24, 2.45) is 0 Å². The molecule has 0 spiro atoms. The minimum atomic E-state index is -0.437. The second kappa shape index (κ2) is 7.54. The Labute approximate surface area is 123 Å². The normalized spacial score (nSPS) is 20.6. The molecule has 1 aliphatic rings. The highest BCUT2D eigenvalue weighted by Gasteiger charge is 2.32. The lowest BCUT2D eigenvalue weighted by molar-refractivity contribution is 0.0224. The molecule has 1 amide bonds. The average molecular weight is 280 g/mol. The maximum absolute atomic E-state index is 12.2. The Morgan fingerprint density at radius 2 is 2.25 bits per heavy atom. The first-order chi connectivity index (χ1) is 9.37. The van der Waals surface area contributed by atoms with Gasteiger partial charge in [-0.05, 0) is 40.0 Å². The van der Waals surface area contributed by atoms with Crippen LogP contribution in [-0.4, -0.2) is 41.8 Å². The molecule has 1 aliphatic heterocycles. The number of nitrogens with one attached hydrogen (secondary N) is 1. The molecule has 0 saturated carbocycles. The zero-order valence-corrected chi connectivity index (χ0v) is 13.2. The summed E-state index contributed by atoms with van der Waals surface area (Å²) in [5.74, 6) is 2.69. The Bertz CT molecular complexity index is 354. The number of hydrogen-bond acceptors (Lipinski definition) is 3. The van der Waals surface area contributed by atoms with Crippen LogP contribution >= 0.6 is 0 Å². The third kappa shape index (κ3) is 5.42. The van der Waals surface area contributed by atoms with Gasteiger partial charge in [-0.2, -0.15) is 0 Å². The van der Waals surface area contributed by atoms with E-state index in [1.165, 1.54) is 0 Å². The van der Waals surface area contributed by atoms with E-state index in [4.69, 9.17) is 11.2 Å². The van der Waals surface area contributed by atoms with Gasteiger partial charge in [-0.25, -0.2) is 4.79 Å². The van der Waals surface area contributed by atoms with E-state index in [0.717, 1.165) is 38.8 Å². The lowest BCUT2D eigenvalue weighted by Crippen LogP contribution is -2.45. The van der Waals surface area contributed by atoms with Gasteiger partial charge in [0.15, 0.2) is 0 Å². The lowest BCUT2D eigenvalue weighted by atomic mass is 10.1. The van der Waals surface area contributed by atoms with Gasteiger partial charge in [-0.1, -0.05) is 6.92 Å². The molecule has 0 aromatic heterocycles. The Balaban J connectivity index is 2.49. The molecular weight excluding hydrogens is 252 g/mol. The smallest absolute Gasteiger partial charge is 0.410 e. The SMILES string of the molecule is C#CCC(CC)NCC1CCCN1C(=O)OC(C)(C)C. The fourth-order valence-electron chi connectivity index (χ4n) is 2.41. The monoisotopic (exact) mass is 280 g/mol. The summed E-state index contributed by atoms with van der Waals surface area (Å²) in [6.07, 6.45) is 8.96. The Kier molecular flexibility index (Phi) is 6.35. The Hall–Kier alpha value is -1.21. The van der Waals surface area contributed by atoms with Crippen molar-refractivity contribution in [2.45, 2.75) is 71.1 Å². The number of rotatable bonds is 5. The first-order valence-electron chi connectivity index (χ1n) is 7.53. The van der Waals surface area contributed by atoms with E-state index in [0.29, 0.717) is 6.04 Å². The van der Waals surface area contributed by atoms with Crippen molar-refractivity contribution < 1.29 is 9.53 Å². The molecular formula is C16H28N2O2. The molecule has 114 valence electrons. The van der Waals surface area contributed by atoms with E-state index in [9.17, 15) is 4.79 Å². The van der Waals surface area contributed by atoms with Gasteiger partial charge in [-0.3, -0.25) is 0 Å². The van der Waals surface area contributed by atoms with Gasteiger partial charge in [0.1, 0.15) is 5.60 Å². The second-order valence-electron chi connectivity index (χ2n) is 6.39. The molecule has 0 aromatic carbocycles. The number of ether oxygens (including phenoxy) is 1. The molecule has 0 bridgehead atoms. The zero-order chi connectivity index (χ0) is 15.2. The Morgan fingerprint density at radius 3 is 2.80 bits per heavy atom. The highest BCUT2D eigenvalue weighted by Crippen LogP contribution is 2.20. The zero-order valence-electron chi connectivity index (χ0n) is 13.2. The van der Waals surface area contributed by atoms with Crippen LogP contribution in [0.5, 0.6) is 0 Å². The van der Waals surface area contributed by atoms with Crippen molar-refractivity contribution in [1.29, 1.82) is 0 Å². The third-order valence-electron chi connectivity index (χ3n) is 3.50. The molecule has 0 radical (unpaired) electrons. The molecule has 0 aromatic rings. The lowest BCUT2D eigenvalue weighted by Gasteiger charge is -2.29. The maximum Gasteiger partial charge on any atom is 0.410 e. The van der Waals surface area contributed by atoms with Crippen molar-refractivity contribution in [3.8, 4) is 12.3 Å².